The van der Waals surface area contributed by atoms with Crippen LogP contribution in [-0.2, 0) is 16.0 Å². The fourth-order valence-electron chi connectivity index (χ4n) is 4.70. The standard InChI is InChI=1S/C24H23FN4O3/c25-16-5-3-4-14(10-16)22(30)27-17-8-9-29-21(12-17)23(31)28-20(24(29)32)11-15-13-26-19-7-2-1-6-18(15)19/h1-7,10,13,17,20-21,26H,8-9,11-12H2,(H,27,30)(H,28,31)/t17-,20+,21-/m0/s1. The van der Waals surface area contributed by atoms with Gasteiger partial charge in [-0.25, -0.2) is 4.39 Å². The Morgan fingerprint density at radius 1 is 1.16 bits per heavy atom. The van der Waals surface area contributed by atoms with Crippen molar-refractivity contribution in [3.8, 4) is 0 Å². The number of carbonyl (C=O) groups is 3. The number of piperidine rings is 1. The van der Waals surface area contributed by atoms with E-state index in [1.165, 1.54) is 18.2 Å². The third-order valence-electron chi connectivity index (χ3n) is 6.32. The molecule has 3 N–H and O–H groups in total. The molecule has 3 amide bonds. The first-order valence-electron chi connectivity index (χ1n) is 10.7. The maximum Gasteiger partial charge on any atom is 0.251 e. The number of piperazine rings is 1. The number of benzene rings is 2. The summed E-state index contributed by atoms with van der Waals surface area (Å²) in [7, 11) is 0. The smallest absolute Gasteiger partial charge is 0.251 e. The Bertz CT molecular complexity index is 1210. The molecule has 0 spiro atoms. The number of fused-ring (bicyclic) bond motifs is 2. The van der Waals surface area contributed by atoms with Crippen LogP contribution in [0.4, 0.5) is 4.39 Å². The van der Waals surface area contributed by atoms with E-state index in [4.69, 9.17) is 0 Å². The van der Waals surface area contributed by atoms with E-state index in [9.17, 15) is 18.8 Å². The van der Waals surface area contributed by atoms with Gasteiger partial charge in [-0.2, -0.15) is 0 Å². The molecule has 0 saturated carbocycles. The van der Waals surface area contributed by atoms with Crippen LogP contribution >= 0.6 is 0 Å². The first-order chi connectivity index (χ1) is 15.5. The lowest BCUT2D eigenvalue weighted by atomic mass is 9.91. The summed E-state index contributed by atoms with van der Waals surface area (Å²) >= 11 is 0. The Balaban J connectivity index is 1.25. The van der Waals surface area contributed by atoms with E-state index in [2.05, 4.69) is 15.6 Å². The highest BCUT2D eigenvalue weighted by Crippen LogP contribution is 2.25. The molecule has 0 bridgehead atoms. The summed E-state index contributed by atoms with van der Waals surface area (Å²) in [5, 5.41) is 6.78. The molecule has 2 fully saturated rings. The predicted molar refractivity (Wildman–Crippen MR) is 116 cm³/mol. The minimum Gasteiger partial charge on any atom is -0.361 e. The molecule has 5 rings (SSSR count). The highest BCUT2D eigenvalue weighted by molar-refractivity contribution is 5.98. The molecular weight excluding hydrogens is 411 g/mol. The van der Waals surface area contributed by atoms with Gasteiger partial charge in [-0.1, -0.05) is 24.3 Å². The molecular formula is C24H23FN4O3. The van der Waals surface area contributed by atoms with Gasteiger partial charge in [0, 0.05) is 41.7 Å². The molecule has 3 aromatic rings. The van der Waals surface area contributed by atoms with Gasteiger partial charge in [0.25, 0.3) is 5.91 Å². The average molecular weight is 434 g/mol. The molecule has 0 aliphatic carbocycles. The highest BCUT2D eigenvalue weighted by atomic mass is 19.1. The molecule has 3 heterocycles. The molecule has 164 valence electrons. The molecule has 2 saturated heterocycles. The van der Waals surface area contributed by atoms with Crippen LogP contribution < -0.4 is 10.6 Å². The number of hydrogen-bond acceptors (Lipinski definition) is 3. The lowest BCUT2D eigenvalue weighted by Gasteiger charge is -2.44. The monoisotopic (exact) mass is 434 g/mol. The van der Waals surface area contributed by atoms with E-state index in [1.807, 2.05) is 30.5 Å². The van der Waals surface area contributed by atoms with E-state index in [1.54, 1.807) is 11.0 Å². The number of hydrogen-bond donors (Lipinski definition) is 3. The summed E-state index contributed by atoms with van der Waals surface area (Å²) in [6, 6.07) is 11.8. The van der Waals surface area contributed by atoms with E-state index < -0.39 is 17.9 Å². The zero-order valence-corrected chi connectivity index (χ0v) is 17.3. The number of aromatic amines is 1. The number of nitrogens with one attached hydrogen (secondary N) is 3. The van der Waals surface area contributed by atoms with Crippen LogP contribution in [0.2, 0.25) is 0 Å². The van der Waals surface area contributed by atoms with E-state index in [0.717, 1.165) is 16.5 Å². The number of aromatic nitrogens is 1. The molecule has 2 aromatic carbocycles. The minimum absolute atomic E-state index is 0.102. The van der Waals surface area contributed by atoms with Gasteiger partial charge in [-0.05, 0) is 42.7 Å². The number of H-pyrrole nitrogens is 1. The normalized spacial score (nSPS) is 23.0. The summed E-state index contributed by atoms with van der Waals surface area (Å²) in [6.07, 6.45) is 3.16. The fourth-order valence-corrected chi connectivity index (χ4v) is 4.70. The van der Waals surface area contributed by atoms with Crippen molar-refractivity contribution in [3.05, 3.63) is 71.7 Å². The molecule has 1 aromatic heterocycles. The molecule has 32 heavy (non-hydrogen) atoms. The van der Waals surface area contributed by atoms with Crippen molar-refractivity contribution >= 4 is 28.6 Å². The topological polar surface area (TPSA) is 94.3 Å². The van der Waals surface area contributed by atoms with E-state index in [0.29, 0.717) is 25.8 Å². The van der Waals surface area contributed by atoms with Crippen LogP contribution in [0.1, 0.15) is 28.8 Å². The Labute approximate surface area is 184 Å². The van der Waals surface area contributed by atoms with E-state index in [-0.39, 0.29) is 29.3 Å². The van der Waals surface area contributed by atoms with Crippen LogP contribution in [0.25, 0.3) is 10.9 Å². The molecule has 3 atom stereocenters. The lowest BCUT2D eigenvalue weighted by molar-refractivity contribution is -0.151. The zero-order chi connectivity index (χ0) is 22.2. The van der Waals surface area contributed by atoms with Crippen molar-refractivity contribution in [2.45, 2.75) is 37.4 Å². The predicted octanol–water partition coefficient (Wildman–Crippen LogP) is 2.14. The summed E-state index contributed by atoms with van der Waals surface area (Å²) in [5.41, 5.74) is 2.20. The Hall–Kier alpha value is -3.68. The second kappa shape index (κ2) is 8.11. The molecule has 0 unspecified atom stereocenters. The third-order valence-corrected chi connectivity index (χ3v) is 6.32. The number of para-hydroxylation sites is 1. The number of rotatable bonds is 4. The number of carbonyl (C=O) groups excluding carboxylic acids is 3. The summed E-state index contributed by atoms with van der Waals surface area (Å²) < 4.78 is 13.4. The first kappa shape index (κ1) is 20.2. The maximum absolute atomic E-state index is 13.4. The van der Waals surface area contributed by atoms with Gasteiger partial charge in [0.2, 0.25) is 11.8 Å². The van der Waals surface area contributed by atoms with Crippen molar-refractivity contribution in [1.29, 1.82) is 0 Å². The maximum atomic E-state index is 13.4. The quantitative estimate of drug-likeness (QED) is 0.587. The zero-order valence-electron chi connectivity index (χ0n) is 17.3. The Morgan fingerprint density at radius 3 is 2.84 bits per heavy atom. The van der Waals surface area contributed by atoms with Gasteiger partial charge in [-0.3, -0.25) is 14.4 Å². The average Bonchev–Trinajstić information content (AvgIpc) is 3.20. The molecule has 0 radical (unpaired) electrons. The van der Waals surface area contributed by atoms with Crippen LogP contribution in [0.5, 0.6) is 0 Å². The molecule has 2 aliphatic rings. The van der Waals surface area contributed by atoms with Gasteiger partial charge in [0.15, 0.2) is 0 Å². The number of amides is 3. The summed E-state index contributed by atoms with van der Waals surface area (Å²) in [4.78, 5) is 43.2. The second-order valence-corrected chi connectivity index (χ2v) is 8.38. The van der Waals surface area contributed by atoms with Crippen LogP contribution in [0.15, 0.2) is 54.7 Å². The molecule has 7 nitrogen and oxygen atoms in total. The van der Waals surface area contributed by atoms with Crippen molar-refractivity contribution < 1.29 is 18.8 Å². The van der Waals surface area contributed by atoms with Crippen LogP contribution in [0.3, 0.4) is 0 Å². The van der Waals surface area contributed by atoms with Gasteiger partial charge in [0.05, 0.1) is 0 Å². The third kappa shape index (κ3) is 3.72. The minimum atomic E-state index is -0.617. The van der Waals surface area contributed by atoms with Crippen molar-refractivity contribution in [2.24, 2.45) is 0 Å². The largest absolute Gasteiger partial charge is 0.361 e. The highest BCUT2D eigenvalue weighted by Gasteiger charge is 2.44. The summed E-state index contributed by atoms with van der Waals surface area (Å²) in [6.45, 7) is 0.384. The Kier molecular flexibility index (Phi) is 5.13. The summed E-state index contributed by atoms with van der Waals surface area (Å²) in [5.74, 6) is -1.18. The SMILES string of the molecule is O=C(N[C@H]1CCN2C(=O)[C@@H](Cc3c[nH]c4ccccc34)NC(=O)[C@@H]2C1)c1cccc(F)c1. The molecule has 2 aliphatic heterocycles. The van der Waals surface area contributed by atoms with Crippen molar-refractivity contribution in [3.63, 3.8) is 0 Å². The van der Waals surface area contributed by atoms with Gasteiger partial charge >= 0.3 is 0 Å². The van der Waals surface area contributed by atoms with Crippen molar-refractivity contribution in [1.82, 2.24) is 20.5 Å². The van der Waals surface area contributed by atoms with Gasteiger partial charge < -0.3 is 20.5 Å². The molecule has 8 heteroatoms. The second-order valence-electron chi connectivity index (χ2n) is 8.38. The van der Waals surface area contributed by atoms with Crippen molar-refractivity contribution in [2.75, 3.05) is 6.54 Å². The van der Waals surface area contributed by atoms with E-state index >= 15 is 0 Å². The van der Waals surface area contributed by atoms with Crippen LogP contribution in [0, 0.1) is 5.82 Å². The van der Waals surface area contributed by atoms with Crippen LogP contribution in [-0.4, -0.2) is 52.3 Å². The number of halogens is 1. The van der Waals surface area contributed by atoms with Gasteiger partial charge in [-0.15, -0.1) is 0 Å². The fraction of sp³-hybridized carbons (Fsp3) is 0.292. The Morgan fingerprint density at radius 2 is 2.00 bits per heavy atom. The lowest BCUT2D eigenvalue weighted by Crippen LogP contribution is -2.67. The number of nitrogens with zero attached hydrogens (tertiary/aromatic N) is 1. The van der Waals surface area contributed by atoms with Gasteiger partial charge in [0.1, 0.15) is 17.9 Å². The first-order valence-corrected chi connectivity index (χ1v) is 10.7.